The third-order valence-corrected chi connectivity index (χ3v) is 4.34. The minimum absolute atomic E-state index is 0.145. The fourth-order valence-corrected chi connectivity index (χ4v) is 2.76. The van der Waals surface area contributed by atoms with Gasteiger partial charge in [0.25, 0.3) is 11.5 Å². The smallest absolute Gasteiger partial charge is 0.274 e. The maximum atomic E-state index is 12.6. The lowest BCUT2D eigenvalue weighted by Crippen LogP contribution is -2.41. The largest absolute Gasteiger partial charge is 0.378 e. The molecule has 1 saturated heterocycles. The molecule has 0 spiro atoms. The zero-order chi connectivity index (χ0) is 17.7. The Balaban J connectivity index is 2.26. The van der Waals surface area contributed by atoms with Crippen molar-refractivity contribution in [2.75, 3.05) is 31.6 Å². The Kier molecular flexibility index (Phi) is 6.14. The number of carbonyl (C=O) groups excluding carboxylic acids is 2. The van der Waals surface area contributed by atoms with Crippen LogP contribution < -0.4 is 10.9 Å². The zero-order valence-electron chi connectivity index (χ0n) is 14.5. The van der Waals surface area contributed by atoms with Crippen LogP contribution in [-0.4, -0.2) is 47.6 Å². The number of anilines is 1. The summed E-state index contributed by atoms with van der Waals surface area (Å²) in [4.78, 5) is 38.8. The molecule has 0 bridgehead atoms. The number of nitrogens with one attached hydrogen (secondary N) is 1. The molecule has 1 N–H and O–H groups in total. The Morgan fingerprint density at radius 2 is 1.88 bits per heavy atom. The number of hydrogen-bond acceptors (Lipinski definition) is 4. The fourth-order valence-electron chi connectivity index (χ4n) is 2.76. The molecule has 0 saturated carbocycles. The molecule has 0 unspecified atom stereocenters. The van der Waals surface area contributed by atoms with Crippen LogP contribution >= 0.6 is 0 Å². The van der Waals surface area contributed by atoms with Gasteiger partial charge in [0.2, 0.25) is 5.91 Å². The summed E-state index contributed by atoms with van der Waals surface area (Å²) in [6.07, 6.45) is 2.91. The van der Waals surface area contributed by atoms with Crippen molar-refractivity contribution in [2.24, 2.45) is 13.0 Å². The Labute approximate surface area is 141 Å². The van der Waals surface area contributed by atoms with Crippen molar-refractivity contribution < 1.29 is 14.3 Å². The maximum Gasteiger partial charge on any atom is 0.274 e. The number of ether oxygens (including phenoxy) is 1. The number of amides is 2. The highest BCUT2D eigenvalue weighted by molar-refractivity contribution is 5.97. The predicted molar refractivity (Wildman–Crippen MR) is 91.1 cm³/mol. The quantitative estimate of drug-likeness (QED) is 0.878. The van der Waals surface area contributed by atoms with Gasteiger partial charge in [0.1, 0.15) is 5.69 Å². The molecule has 132 valence electrons. The Morgan fingerprint density at radius 3 is 2.46 bits per heavy atom. The molecule has 1 aromatic heterocycles. The van der Waals surface area contributed by atoms with Crippen LogP contribution in [0, 0.1) is 5.92 Å². The normalized spacial score (nSPS) is 14.8. The number of aromatic nitrogens is 1. The summed E-state index contributed by atoms with van der Waals surface area (Å²) in [7, 11) is 1.57. The SMILES string of the molecule is CCC(CC)C(=O)Nc1cc(C(=O)N2CCOCC2)cn(C)c1=O. The highest BCUT2D eigenvalue weighted by Gasteiger charge is 2.21. The third kappa shape index (κ3) is 4.03. The van der Waals surface area contributed by atoms with Crippen molar-refractivity contribution in [1.82, 2.24) is 9.47 Å². The number of rotatable bonds is 5. The molecule has 0 aromatic carbocycles. The minimum Gasteiger partial charge on any atom is -0.378 e. The van der Waals surface area contributed by atoms with E-state index < -0.39 is 0 Å². The van der Waals surface area contributed by atoms with Crippen LogP contribution in [0.4, 0.5) is 5.69 Å². The summed E-state index contributed by atoms with van der Waals surface area (Å²) in [5, 5.41) is 2.68. The molecular formula is C17H25N3O4. The predicted octanol–water partition coefficient (Wildman–Crippen LogP) is 1.23. The number of pyridine rings is 1. The molecule has 1 fully saturated rings. The first kappa shape index (κ1) is 18.2. The van der Waals surface area contributed by atoms with Gasteiger partial charge in [0.15, 0.2) is 0 Å². The number of aryl methyl sites for hydroxylation is 1. The lowest BCUT2D eigenvalue weighted by atomic mass is 10.0. The van der Waals surface area contributed by atoms with Crippen LogP contribution in [0.1, 0.15) is 37.0 Å². The maximum absolute atomic E-state index is 12.6. The number of hydrogen-bond donors (Lipinski definition) is 1. The van der Waals surface area contributed by atoms with E-state index in [4.69, 9.17) is 4.74 Å². The van der Waals surface area contributed by atoms with Crippen LogP contribution in [0.15, 0.2) is 17.1 Å². The molecule has 7 heteroatoms. The van der Waals surface area contributed by atoms with E-state index in [-0.39, 0.29) is 29.0 Å². The van der Waals surface area contributed by atoms with E-state index >= 15 is 0 Å². The molecule has 1 aromatic rings. The van der Waals surface area contributed by atoms with Gasteiger partial charge in [-0.05, 0) is 18.9 Å². The van der Waals surface area contributed by atoms with Crippen molar-refractivity contribution >= 4 is 17.5 Å². The average Bonchev–Trinajstić information content (AvgIpc) is 2.60. The Hall–Kier alpha value is -2.15. The van der Waals surface area contributed by atoms with Crippen molar-refractivity contribution in [1.29, 1.82) is 0 Å². The lowest BCUT2D eigenvalue weighted by Gasteiger charge is -2.27. The van der Waals surface area contributed by atoms with E-state index in [2.05, 4.69) is 5.32 Å². The highest BCUT2D eigenvalue weighted by Crippen LogP contribution is 2.14. The standard InChI is InChI=1S/C17H25N3O4/c1-4-12(5-2)15(21)18-14-10-13(11-19(3)17(14)23)16(22)20-6-8-24-9-7-20/h10-12H,4-9H2,1-3H3,(H,18,21). The topological polar surface area (TPSA) is 80.6 Å². The summed E-state index contributed by atoms with van der Waals surface area (Å²) in [5.41, 5.74) is 0.209. The average molecular weight is 335 g/mol. The van der Waals surface area contributed by atoms with Crippen LogP contribution in [0.5, 0.6) is 0 Å². The molecule has 1 aliphatic heterocycles. The molecular weight excluding hydrogens is 310 g/mol. The van der Waals surface area contributed by atoms with Crippen molar-refractivity contribution in [3.05, 3.63) is 28.2 Å². The van der Waals surface area contributed by atoms with Gasteiger partial charge in [-0.2, -0.15) is 0 Å². The number of carbonyl (C=O) groups is 2. The van der Waals surface area contributed by atoms with E-state index in [9.17, 15) is 14.4 Å². The Bertz CT molecular complexity index is 658. The van der Waals surface area contributed by atoms with E-state index in [0.717, 1.165) is 0 Å². The van der Waals surface area contributed by atoms with Gasteiger partial charge >= 0.3 is 0 Å². The van der Waals surface area contributed by atoms with Gasteiger partial charge in [-0.3, -0.25) is 14.4 Å². The molecule has 2 amide bonds. The zero-order valence-corrected chi connectivity index (χ0v) is 14.5. The lowest BCUT2D eigenvalue weighted by molar-refractivity contribution is -0.120. The highest BCUT2D eigenvalue weighted by atomic mass is 16.5. The summed E-state index contributed by atoms with van der Waals surface area (Å²) in [6, 6.07) is 1.47. The molecule has 0 aliphatic carbocycles. The van der Waals surface area contributed by atoms with Crippen LogP contribution in [-0.2, 0) is 16.6 Å². The van der Waals surface area contributed by atoms with Gasteiger partial charge in [0.05, 0.1) is 18.8 Å². The van der Waals surface area contributed by atoms with Gasteiger partial charge in [-0.15, -0.1) is 0 Å². The number of nitrogens with zero attached hydrogens (tertiary/aromatic N) is 2. The summed E-state index contributed by atoms with van der Waals surface area (Å²) in [6.45, 7) is 5.94. The molecule has 24 heavy (non-hydrogen) atoms. The summed E-state index contributed by atoms with van der Waals surface area (Å²) in [5.74, 6) is -0.492. The molecule has 0 radical (unpaired) electrons. The number of morpholine rings is 1. The van der Waals surface area contributed by atoms with Gasteiger partial charge < -0.3 is 19.5 Å². The van der Waals surface area contributed by atoms with Crippen molar-refractivity contribution in [3.8, 4) is 0 Å². The monoisotopic (exact) mass is 335 g/mol. The van der Waals surface area contributed by atoms with E-state index in [1.807, 2.05) is 13.8 Å². The van der Waals surface area contributed by atoms with Crippen LogP contribution in [0.2, 0.25) is 0 Å². The fraction of sp³-hybridized carbons (Fsp3) is 0.588. The second-order valence-corrected chi connectivity index (χ2v) is 5.97. The van der Waals surface area contributed by atoms with Gasteiger partial charge in [-0.25, -0.2) is 0 Å². The van der Waals surface area contributed by atoms with Crippen LogP contribution in [0.3, 0.4) is 0 Å². The van der Waals surface area contributed by atoms with Crippen LogP contribution in [0.25, 0.3) is 0 Å². The second-order valence-electron chi connectivity index (χ2n) is 5.97. The van der Waals surface area contributed by atoms with E-state index in [1.165, 1.54) is 16.8 Å². The summed E-state index contributed by atoms with van der Waals surface area (Å²) >= 11 is 0. The van der Waals surface area contributed by atoms with Crippen molar-refractivity contribution in [3.63, 3.8) is 0 Å². The van der Waals surface area contributed by atoms with Gasteiger partial charge in [0, 0.05) is 32.3 Å². The second kappa shape index (κ2) is 8.10. The van der Waals surface area contributed by atoms with E-state index in [1.54, 1.807) is 11.9 Å². The van der Waals surface area contributed by atoms with Gasteiger partial charge in [-0.1, -0.05) is 13.8 Å². The van der Waals surface area contributed by atoms with E-state index in [0.29, 0.717) is 44.7 Å². The first-order valence-corrected chi connectivity index (χ1v) is 8.36. The molecule has 7 nitrogen and oxygen atoms in total. The Morgan fingerprint density at radius 1 is 1.25 bits per heavy atom. The molecule has 2 heterocycles. The first-order chi connectivity index (χ1) is 11.5. The first-order valence-electron chi connectivity index (χ1n) is 8.36. The molecule has 0 atom stereocenters. The summed E-state index contributed by atoms with van der Waals surface area (Å²) < 4.78 is 6.58. The molecule has 2 rings (SSSR count). The third-order valence-electron chi connectivity index (χ3n) is 4.34. The van der Waals surface area contributed by atoms with Crippen molar-refractivity contribution in [2.45, 2.75) is 26.7 Å². The molecule has 1 aliphatic rings. The minimum atomic E-state index is -0.326.